The summed E-state index contributed by atoms with van der Waals surface area (Å²) in [6, 6.07) is 5.43. The summed E-state index contributed by atoms with van der Waals surface area (Å²) < 4.78 is 28.7. The van der Waals surface area contributed by atoms with Gasteiger partial charge in [-0.3, -0.25) is 0 Å². The maximum absolute atomic E-state index is 12.2. The Bertz CT molecular complexity index is 416. The Morgan fingerprint density at radius 1 is 1.47 bits per heavy atom. The molecular formula is C12H16F2N2O3. The zero-order chi connectivity index (χ0) is 14.3. The van der Waals surface area contributed by atoms with Crippen molar-refractivity contribution in [3.8, 4) is 5.75 Å². The number of amides is 2. The maximum Gasteiger partial charge on any atom is 0.387 e. The monoisotopic (exact) mass is 274 g/mol. The first kappa shape index (κ1) is 15.2. The molecule has 0 aromatic heterocycles. The smallest absolute Gasteiger partial charge is 0.387 e. The molecule has 0 saturated heterocycles. The summed E-state index contributed by atoms with van der Waals surface area (Å²) in [5, 5.41) is 11.3. The third-order valence-electron chi connectivity index (χ3n) is 2.38. The van der Waals surface area contributed by atoms with Crippen LogP contribution in [-0.4, -0.2) is 42.3 Å². The summed E-state index contributed by atoms with van der Waals surface area (Å²) >= 11 is 0. The van der Waals surface area contributed by atoms with Gasteiger partial charge in [-0.2, -0.15) is 8.78 Å². The first-order chi connectivity index (χ1) is 9.08. The number of hydrogen-bond donors (Lipinski definition) is 2. The highest BCUT2D eigenvalue weighted by molar-refractivity contribution is 5.90. The second kappa shape index (κ2) is 7.52. The van der Waals surface area contributed by atoms with Gasteiger partial charge >= 0.3 is 12.6 Å². The number of rotatable bonds is 6. The molecule has 0 unspecified atom stereocenters. The number of alkyl halides is 2. The van der Waals surface area contributed by atoms with E-state index in [9.17, 15) is 13.6 Å². The van der Waals surface area contributed by atoms with E-state index < -0.39 is 12.6 Å². The van der Waals surface area contributed by atoms with Gasteiger partial charge < -0.3 is 20.1 Å². The van der Waals surface area contributed by atoms with Crippen LogP contribution in [0.15, 0.2) is 24.3 Å². The molecule has 0 spiro atoms. The minimum Gasteiger partial charge on any atom is -0.433 e. The van der Waals surface area contributed by atoms with Crippen molar-refractivity contribution in [3.63, 3.8) is 0 Å². The SMILES string of the molecule is CCN(CCO)C(=O)Nc1ccccc1OC(F)F. The average molecular weight is 274 g/mol. The molecule has 5 nitrogen and oxygen atoms in total. The van der Waals surface area contributed by atoms with Gasteiger partial charge in [-0.15, -0.1) is 0 Å². The number of aliphatic hydroxyl groups is 1. The van der Waals surface area contributed by atoms with Gasteiger partial charge in [0, 0.05) is 13.1 Å². The van der Waals surface area contributed by atoms with Crippen LogP contribution in [0.1, 0.15) is 6.92 Å². The molecule has 0 bridgehead atoms. The Morgan fingerprint density at radius 3 is 2.74 bits per heavy atom. The number of ether oxygens (including phenoxy) is 1. The van der Waals surface area contributed by atoms with Crippen molar-refractivity contribution in [2.75, 3.05) is 25.0 Å². The standard InChI is InChI=1S/C12H16F2N2O3/c1-2-16(7-8-17)12(18)15-9-5-3-4-6-10(9)19-11(13)14/h3-6,11,17H,2,7-8H2,1H3,(H,15,18). The summed E-state index contributed by atoms with van der Waals surface area (Å²) in [4.78, 5) is 13.2. The molecule has 0 fully saturated rings. The Morgan fingerprint density at radius 2 is 2.16 bits per heavy atom. The van der Waals surface area contributed by atoms with Crippen LogP contribution in [0.4, 0.5) is 19.3 Å². The van der Waals surface area contributed by atoms with Crippen LogP contribution in [0.2, 0.25) is 0 Å². The number of aliphatic hydroxyl groups excluding tert-OH is 1. The van der Waals surface area contributed by atoms with Gasteiger partial charge in [0.15, 0.2) is 0 Å². The van der Waals surface area contributed by atoms with Crippen LogP contribution in [0, 0.1) is 0 Å². The summed E-state index contributed by atoms with van der Waals surface area (Å²) in [6.07, 6.45) is 0. The molecule has 2 N–H and O–H groups in total. The highest BCUT2D eigenvalue weighted by atomic mass is 19.3. The fraction of sp³-hybridized carbons (Fsp3) is 0.417. The lowest BCUT2D eigenvalue weighted by molar-refractivity contribution is -0.0493. The summed E-state index contributed by atoms with van der Waals surface area (Å²) in [6.45, 7) is -0.824. The van der Waals surface area contributed by atoms with Gasteiger partial charge in [0.2, 0.25) is 0 Å². The van der Waals surface area contributed by atoms with Crippen molar-refractivity contribution in [2.24, 2.45) is 0 Å². The lowest BCUT2D eigenvalue weighted by Crippen LogP contribution is -2.36. The van der Waals surface area contributed by atoms with E-state index in [0.29, 0.717) is 6.54 Å². The Balaban J connectivity index is 2.78. The zero-order valence-electron chi connectivity index (χ0n) is 10.5. The molecule has 0 radical (unpaired) electrons. The van der Waals surface area contributed by atoms with Crippen LogP contribution >= 0.6 is 0 Å². The second-order valence-electron chi connectivity index (χ2n) is 3.61. The van der Waals surface area contributed by atoms with Gasteiger partial charge in [0.05, 0.1) is 12.3 Å². The predicted molar refractivity (Wildman–Crippen MR) is 66.4 cm³/mol. The number of nitrogens with zero attached hydrogens (tertiary/aromatic N) is 1. The number of carbonyl (C=O) groups excluding carboxylic acids is 1. The number of nitrogens with one attached hydrogen (secondary N) is 1. The summed E-state index contributed by atoms with van der Waals surface area (Å²) in [5.74, 6) is -0.106. The van der Waals surface area contributed by atoms with Gasteiger partial charge in [0.1, 0.15) is 5.75 Å². The summed E-state index contributed by atoms with van der Waals surface area (Å²) in [5.41, 5.74) is 0.157. The van der Waals surface area contributed by atoms with E-state index >= 15 is 0 Å². The van der Waals surface area contributed by atoms with E-state index in [1.165, 1.54) is 23.1 Å². The number of likely N-dealkylation sites (N-methyl/N-ethyl adjacent to an activating group) is 1. The maximum atomic E-state index is 12.2. The Labute approximate surface area is 109 Å². The number of carbonyl (C=O) groups is 1. The number of anilines is 1. The molecule has 1 aromatic rings. The normalized spacial score (nSPS) is 10.4. The van der Waals surface area contributed by atoms with Crippen LogP contribution in [0.5, 0.6) is 5.75 Å². The molecule has 0 aliphatic rings. The Kier molecular flexibility index (Phi) is 6.01. The van der Waals surface area contributed by atoms with Gasteiger partial charge in [-0.05, 0) is 19.1 Å². The molecule has 19 heavy (non-hydrogen) atoms. The third kappa shape index (κ3) is 4.70. The minimum atomic E-state index is -2.96. The molecule has 0 aliphatic carbocycles. The van der Waals surface area contributed by atoms with E-state index in [4.69, 9.17) is 5.11 Å². The topological polar surface area (TPSA) is 61.8 Å². The van der Waals surface area contributed by atoms with Crippen LogP contribution < -0.4 is 10.1 Å². The first-order valence-corrected chi connectivity index (χ1v) is 5.79. The molecule has 1 rings (SSSR count). The molecule has 7 heteroatoms. The van der Waals surface area contributed by atoms with E-state index in [1.807, 2.05) is 0 Å². The van der Waals surface area contributed by atoms with Gasteiger partial charge in [-0.25, -0.2) is 4.79 Å². The van der Waals surface area contributed by atoms with Gasteiger partial charge in [0.25, 0.3) is 0 Å². The second-order valence-corrected chi connectivity index (χ2v) is 3.61. The molecule has 106 valence electrons. The predicted octanol–water partition coefficient (Wildman–Crippen LogP) is 2.13. The lowest BCUT2D eigenvalue weighted by atomic mass is 10.3. The van der Waals surface area contributed by atoms with E-state index in [1.54, 1.807) is 13.0 Å². The average Bonchev–Trinajstić information content (AvgIpc) is 2.37. The number of para-hydroxylation sites is 2. The first-order valence-electron chi connectivity index (χ1n) is 5.79. The number of hydrogen-bond acceptors (Lipinski definition) is 3. The molecule has 1 aromatic carbocycles. The fourth-order valence-electron chi connectivity index (χ4n) is 1.49. The number of halogens is 2. The van der Waals surface area contributed by atoms with E-state index in [0.717, 1.165) is 0 Å². The minimum absolute atomic E-state index is 0.106. The molecule has 0 saturated carbocycles. The summed E-state index contributed by atoms with van der Waals surface area (Å²) in [7, 11) is 0. The van der Waals surface area contributed by atoms with E-state index in [-0.39, 0.29) is 24.6 Å². The number of benzene rings is 1. The van der Waals surface area contributed by atoms with Crippen molar-refractivity contribution < 1.29 is 23.4 Å². The highest BCUT2D eigenvalue weighted by Crippen LogP contribution is 2.25. The van der Waals surface area contributed by atoms with Crippen molar-refractivity contribution >= 4 is 11.7 Å². The molecule has 0 aliphatic heterocycles. The molecular weight excluding hydrogens is 258 g/mol. The molecule has 2 amide bonds. The molecule has 0 heterocycles. The third-order valence-corrected chi connectivity index (χ3v) is 2.38. The van der Waals surface area contributed by atoms with Crippen molar-refractivity contribution in [1.29, 1.82) is 0 Å². The number of urea groups is 1. The highest BCUT2D eigenvalue weighted by Gasteiger charge is 2.15. The Hall–Kier alpha value is -1.89. The zero-order valence-corrected chi connectivity index (χ0v) is 10.5. The van der Waals surface area contributed by atoms with Crippen molar-refractivity contribution in [3.05, 3.63) is 24.3 Å². The van der Waals surface area contributed by atoms with E-state index in [2.05, 4.69) is 10.1 Å². The van der Waals surface area contributed by atoms with Crippen LogP contribution in [0.25, 0.3) is 0 Å². The van der Waals surface area contributed by atoms with Gasteiger partial charge in [-0.1, -0.05) is 12.1 Å². The fourth-order valence-corrected chi connectivity index (χ4v) is 1.49. The largest absolute Gasteiger partial charge is 0.433 e. The molecule has 0 atom stereocenters. The van der Waals surface area contributed by atoms with Crippen LogP contribution in [-0.2, 0) is 0 Å². The van der Waals surface area contributed by atoms with Crippen LogP contribution in [0.3, 0.4) is 0 Å². The van der Waals surface area contributed by atoms with Crippen molar-refractivity contribution in [2.45, 2.75) is 13.5 Å². The lowest BCUT2D eigenvalue weighted by Gasteiger charge is -2.21. The quantitative estimate of drug-likeness (QED) is 0.835. The van der Waals surface area contributed by atoms with Crippen molar-refractivity contribution in [1.82, 2.24) is 4.90 Å².